The van der Waals surface area contributed by atoms with Crippen molar-refractivity contribution in [3.05, 3.63) is 62.2 Å². The summed E-state index contributed by atoms with van der Waals surface area (Å²) in [5, 5.41) is 20.6. The summed E-state index contributed by atoms with van der Waals surface area (Å²) in [6.07, 6.45) is 0.345. The lowest BCUT2D eigenvalue weighted by molar-refractivity contribution is -0.384. The van der Waals surface area contributed by atoms with Gasteiger partial charge in [-0.2, -0.15) is 0 Å². The molecule has 24 heavy (non-hydrogen) atoms. The van der Waals surface area contributed by atoms with Crippen LogP contribution in [0.15, 0.2) is 46.6 Å². The van der Waals surface area contributed by atoms with Crippen LogP contribution in [0, 0.1) is 10.1 Å². The van der Waals surface area contributed by atoms with E-state index in [0.29, 0.717) is 23.1 Å². The van der Waals surface area contributed by atoms with Gasteiger partial charge in [-0.15, -0.1) is 0 Å². The highest BCUT2D eigenvalue weighted by molar-refractivity contribution is 5.99. The highest BCUT2D eigenvalue weighted by atomic mass is 16.6. The number of non-ortho nitro benzene ring substituents is 1. The number of ether oxygens (including phenoxy) is 1. The summed E-state index contributed by atoms with van der Waals surface area (Å²) < 4.78 is 4.81. The molecule has 1 aliphatic carbocycles. The van der Waals surface area contributed by atoms with E-state index in [1.54, 1.807) is 19.9 Å². The van der Waals surface area contributed by atoms with Gasteiger partial charge in [0, 0.05) is 29.2 Å². The molecule has 0 amide bonds. The van der Waals surface area contributed by atoms with Gasteiger partial charge in [0.1, 0.15) is 0 Å². The Bertz CT molecular complexity index is 790. The monoisotopic (exact) mass is 331 g/mol. The van der Waals surface area contributed by atoms with Crippen LogP contribution in [-0.4, -0.2) is 29.1 Å². The van der Waals surface area contributed by atoms with Crippen LogP contribution in [0.5, 0.6) is 0 Å². The van der Waals surface area contributed by atoms with Crippen LogP contribution in [0.2, 0.25) is 0 Å². The maximum atomic E-state index is 12.2. The van der Waals surface area contributed by atoms with E-state index in [1.165, 1.54) is 25.3 Å². The number of esters is 1. The fraction of sp³-hybridized carbons (Fsp3) is 0.294. The maximum absolute atomic E-state index is 12.2. The molecule has 0 bridgehead atoms. The average molecular weight is 331 g/mol. The van der Waals surface area contributed by atoms with Crippen molar-refractivity contribution in [2.24, 2.45) is 0 Å². The average Bonchev–Trinajstić information content (AvgIpc) is 2.53. The van der Waals surface area contributed by atoms with Crippen molar-refractivity contribution in [3.63, 3.8) is 0 Å². The first-order valence-corrected chi connectivity index (χ1v) is 7.23. The van der Waals surface area contributed by atoms with E-state index in [-0.39, 0.29) is 16.8 Å². The van der Waals surface area contributed by atoms with Crippen molar-refractivity contribution >= 4 is 17.6 Å². The summed E-state index contributed by atoms with van der Waals surface area (Å²) >= 11 is 0. The van der Waals surface area contributed by atoms with E-state index in [9.17, 15) is 24.8 Å². The fourth-order valence-electron chi connectivity index (χ4n) is 3.08. The van der Waals surface area contributed by atoms with Crippen LogP contribution in [0.3, 0.4) is 0 Å². The number of carboxylic acid groups (broad SMARTS) is 1. The topological polar surface area (TPSA) is 107 Å². The summed E-state index contributed by atoms with van der Waals surface area (Å²) in [4.78, 5) is 34.5. The molecule has 2 rings (SSSR count). The number of methoxy groups -OCH3 is 1. The fourth-order valence-corrected chi connectivity index (χ4v) is 3.08. The maximum Gasteiger partial charge on any atom is 0.334 e. The summed E-state index contributed by atoms with van der Waals surface area (Å²) in [5.41, 5.74) is 1.80. The number of nitro groups is 1. The summed E-state index contributed by atoms with van der Waals surface area (Å²) in [6.45, 7) is 3.42. The smallest absolute Gasteiger partial charge is 0.334 e. The molecule has 126 valence electrons. The highest BCUT2D eigenvalue weighted by Crippen LogP contribution is 2.42. The molecule has 0 saturated heterocycles. The summed E-state index contributed by atoms with van der Waals surface area (Å²) in [6, 6.07) is 5.66. The zero-order valence-corrected chi connectivity index (χ0v) is 13.5. The van der Waals surface area contributed by atoms with Crippen molar-refractivity contribution < 1.29 is 24.4 Å². The lowest BCUT2D eigenvalue weighted by atomic mass is 9.75. The normalized spacial score (nSPS) is 17.7. The predicted octanol–water partition coefficient (Wildman–Crippen LogP) is 2.97. The Morgan fingerprint density at radius 2 is 1.88 bits per heavy atom. The quantitative estimate of drug-likeness (QED) is 0.516. The van der Waals surface area contributed by atoms with Gasteiger partial charge in [0.2, 0.25) is 0 Å². The highest BCUT2D eigenvalue weighted by Gasteiger charge is 2.37. The third-order valence-electron chi connectivity index (χ3n) is 4.08. The Morgan fingerprint density at radius 3 is 2.42 bits per heavy atom. The minimum absolute atomic E-state index is 0.0569. The third kappa shape index (κ3) is 3.05. The summed E-state index contributed by atoms with van der Waals surface area (Å²) in [5.74, 6) is -2.68. The number of nitro benzene ring substituents is 1. The SMILES string of the molecule is COC(=O)C1=C(C)CC(C)=C(C(=O)O)C1c1cccc([N+](=O)[O-])c1. The first-order chi connectivity index (χ1) is 11.3. The van der Waals surface area contributed by atoms with E-state index in [4.69, 9.17) is 4.74 Å². The third-order valence-corrected chi connectivity index (χ3v) is 4.08. The molecular weight excluding hydrogens is 314 g/mol. The first-order valence-electron chi connectivity index (χ1n) is 7.23. The molecule has 1 aromatic rings. The predicted molar refractivity (Wildman–Crippen MR) is 85.5 cm³/mol. The number of aliphatic carboxylic acids is 1. The van der Waals surface area contributed by atoms with Gasteiger partial charge in [-0.05, 0) is 25.8 Å². The standard InChI is InChI=1S/C17H17NO6/c1-9-7-10(2)14(17(21)24-3)15(13(9)16(19)20)11-5-4-6-12(8-11)18(22)23/h4-6,8,15H,7H2,1-3H3,(H,19,20). The number of rotatable bonds is 4. The van der Waals surface area contributed by atoms with Crippen molar-refractivity contribution in [2.45, 2.75) is 26.2 Å². The Labute approximate surface area is 138 Å². The lowest BCUT2D eigenvalue weighted by Gasteiger charge is -2.28. The van der Waals surface area contributed by atoms with E-state index in [2.05, 4.69) is 0 Å². The zero-order valence-electron chi connectivity index (χ0n) is 13.5. The van der Waals surface area contributed by atoms with Gasteiger partial charge >= 0.3 is 11.9 Å². The molecule has 1 N–H and O–H groups in total. The Hall–Kier alpha value is -2.96. The van der Waals surface area contributed by atoms with E-state index in [0.717, 1.165) is 0 Å². The largest absolute Gasteiger partial charge is 0.478 e. The molecule has 0 radical (unpaired) electrons. The van der Waals surface area contributed by atoms with Crippen molar-refractivity contribution in [1.29, 1.82) is 0 Å². The molecule has 1 atom stereocenters. The molecule has 0 fully saturated rings. The molecule has 0 spiro atoms. The van der Waals surface area contributed by atoms with Gasteiger partial charge in [0.15, 0.2) is 0 Å². The van der Waals surface area contributed by atoms with Gasteiger partial charge in [-0.25, -0.2) is 9.59 Å². The Balaban J connectivity index is 2.72. The molecule has 1 unspecified atom stereocenters. The number of carbonyl (C=O) groups is 2. The van der Waals surface area contributed by atoms with Gasteiger partial charge in [0.05, 0.1) is 12.0 Å². The number of carboxylic acids is 1. The van der Waals surface area contributed by atoms with Crippen LogP contribution in [0.4, 0.5) is 5.69 Å². The lowest BCUT2D eigenvalue weighted by Crippen LogP contribution is -2.25. The number of benzene rings is 1. The van der Waals surface area contributed by atoms with Crippen LogP contribution < -0.4 is 0 Å². The number of hydrogen-bond acceptors (Lipinski definition) is 5. The van der Waals surface area contributed by atoms with Gasteiger partial charge in [-0.3, -0.25) is 10.1 Å². The number of allylic oxidation sites excluding steroid dienone is 2. The minimum Gasteiger partial charge on any atom is -0.478 e. The van der Waals surface area contributed by atoms with E-state index >= 15 is 0 Å². The van der Waals surface area contributed by atoms with Crippen molar-refractivity contribution in [2.75, 3.05) is 7.11 Å². The Morgan fingerprint density at radius 1 is 1.25 bits per heavy atom. The van der Waals surface area contributed by atoms with E-state index < -0.39 is 22.8 Å². The molecule has 0 saturated carbocycles. The van der Waals surface area contributed by atoms with Crippen LogP contribution >= 0.6 is 0 Å². The molecule has 0 heterocycles. The van der Waals surface area contributed by atoms with Crippen LogP contribution in [0.25, 0.3) is 0 Å². The number of carbonyl (C=O) groups excluding carboxylic acids is 1. The van der Waals surface area contributed by atoms with Crippen molar-refractivity contribution in [1.82, 2.24) is 0 Å². The minimum atomic E-state index is -1.15. The molecule has 7 nitrogen and oxygen atoms in total. The second kappa shape index (κ2) is 6.66. The van der Waals surface area contributed by atoms with Crippen molar-refractivity contribution in [3.8, 4) is 0 Å². The molecule has 1 aromatic carbocycles. The van der Waals surface area contributed by atoms with Crippen LogP contribution in [0.1, 0.15) is 31.7 Å². The van der Waals surface area contributed by atoms with E-state index in [1.807, 2.05) is 0 Å². The second-order valence-electron chi connectivity index (χ2n) is 5.65. The van der Waals surface area contributed by atoms with Gasteiger partial charge in [0.25, 0.3) is 5.69 Å². The molecular formula is C17H17NO6. The van der Waals surface area contributed by atoms with Gasteiger partial charge < -0.3 is 9.84 Å². The zero-order chi connectivity index (χ0) is 18.0. The second-order valence-corrected chi connectivity index (χ2v) is 5.65. The first kappa shape index (κ1) is 17.4. The molecule has 7 heteroatoms. The van der Waals surface area contributed by atoms with Gasteiger partial charge in [-0.1, -0.05) is 23.3 Å². The number of nitrogens with zero attached hydrogens (tertiary/aromatic N) is 1. The number of hydrogen-bond donors (Lipinski definition) is 1. The summed E-state index contributed by atoms with van der Waals surface area (Å²) in [7, 11) is 1.22. The molecule has 1 aliphatic rings. The van der Waals surface area contributed by atoms with Crippen LogP contribution in [-0.2, 0) is 14.3 Å². The molecule has 0 aliphatic heterocycles. The Kier molecular flexibility index (Phi) is 4.82. The molecule has 0 aromatic heterocycles.